The van der Waals surface area contributed by atoms with Crippen molar-refractivity contribution in [2.45, 2.75) is 44.4 Å². The van der Waals surface area contributed by atoms with Crippen LogP contribution in [0, 0.1) is 0 Å². The third-order valence-corrected chi connectivity index (χ3v) is 5.87. The topological polar surface area (TPSA) is 83.6 Å². The number of thioether (sulfide) groups is 1. The standard InChI is InChI=1S/C24H28N2O4S/c1-4-21(24(28)29-5-2)30-17-11-12-20-18(13-17)19(14-22(25)27)23(31-3)26(20)15-16-9-7-6-8-10-16/h6-13,21H,4-5,14-15H2,1-3H3,(H2,25,27). The van der Waals surface area contributed by atoms with Crippen LogP contribution < -0.4 is 10.5 Å². The Balaban J connectivity index is 2.07. The monoisotopic (exact) mass is 440 g/mol. The average molecular weight is 441 g/mol. The maximum Gasteiger partial charge on any atom is 0.347 e. The molecule has 7 heteroatoms. The molecule has 0 fully saturated rings. The Morgan fingerprint density at radius 2 is 1.87 bits per heavy atom. The molecule has 1 atom stereocenters. The van der Waals surface area contributed by atoms with Crippen molar-refractivity contribution in [3.05, 3.63) is 59.7 Å². The first-order valence-corrected chi connectivity index (χ1v) is 11.6. The first-order valence-electron chi connectivity index (χ1n) is 10.3. The predicted molar refractivity (Wildman–Crippen MR) is 124 cm³/mol. The highest BCUT2D eigenvalue weighted by molar-refractivity contribution is 7.98. The highest BCUT2D eigenvalue weighted by Gasteiger charge is 2.22. The molecule has 1 aromatic heterocycles. The Morgan fingerprint density at radius 3 is 2.48 bits per heavy atom. The molecule has 6 nitrogen and oxygen atoms in total. The Labute approximate surface area is 186 Å². The molecule has 3 rings (SSSR count). The number of rotatable bonds is 10. The second kappa shape index (κ2) is 10.4. The lowest BCUT2D eigenvalue weighted by molar-refractivity contribution is -0.151. The molecule has 2 N–H and O–H groups in total. The molecular formula is C24H28N2O4S. The van der Waals surface area contributed by atoms with E-state index in [4.69, 9.17) is 15.2 Å². The van der Waals surface area contributed by atoms with Crippen molar-refractivity contribution in [1.29, 1.82) is 0 Å². The van der Waals surface area contributed by atoms with E-state index in [1.807, 2.05) is 49.6 Å². The maximum atomic E-state index is 12.1. The van der Waals surface area contributed by atoms with Crippen molar-refractivity contribution < 1.29 is 19.1 Å². The summed E-state index contributed by atoms with van der Waals surface area (Å²) >= 11 is 1.59. The SMILES string of the molecule is CCOC(=O)C(CC)Oc1ccc2c(c1)c(CC(N)=O)c(SC)n2Cc1ccccc1. The lowest BCUT2D eigenvalue weighted by Gasteiger charge is -2.16. The van der Waals surface area contributed by atoms with Crippen molar-refractivity contribution in [1.82, 2.24) is 4.57 Å². The van der Waals surface area contributed by atoms with Gasteiger partial charge in [0.1, 0.15) is 5.75 Å². The molecule has 0 spiro atoms. The van der Waals surface area contributed by atoms with Crippen LogP contribution in [0.1, 0.15) is 31.4 Å². The normalized spacial score (nSPS) is 12.0. The van der Waals surface area contributed by atoms with E-state index in [9.17, 15) is 9.59 Å². The van der Waals surface area contributed by atoms with Gasteiger partial charge in [-0.05, 0) is 43.4 Å². The zero-order chi connectivity index (χ0) is 22.4. The summed E-state index contributed by atoms with van der Waals surface area (Å²) in [5, 5.41) is 1.89. The molecule has 1 unspecified atom stereocenters. The zero-order valence-electron chi connectivity index (χ0n) is 18.1. The Bertz CT molecular complexity index is 1060. The summed E-state index contributed by atoms with van der Waals surface area (Å²) in [7, 11) is 0. The fourth-order valence-corrected chi connectivity index (χ4v) is 4.46. The van der Waals surface area contributed by atoms with Gasteiger partial charge in [-0.15, -0.1) is 11.8 Å². The molecule has 0 bridgehead atoms. The summed E-state index contributed by atoms with van der Waals surface area (Å²) in [5.74, 6) is -0.213. The molecule has 0 aliphatic heterocycles. The Kier molecular flexibility index (Phi) is 7.63. The molecule has 31 heavy (non-hydrogen) atoms. The molecule has 0 radical (unpaired) electrons. The lowest BCUT2D eigenvalue weighted by Crippen LogP contribution is -2.28. The number of carbonyl (C=O) groups is 2. The fourth-order valence-electron chi connectivity index (χ4n) is 3.65. The van der Waals surface area contributed by atoms with Crippen LogP contribution >= 0.6 is 11.8 Å². The Morgan fingerprint density at radius 1 is 1.13 bits per heavy atom. The van der Waals surface area contributed by atoms with Gasteiger partial charge in [0.05, 0.1) is 18.1 Å². The highest BCUT2D eigenvalue weighted by Crippen LogP contribution is 2.35. The van der Waals surface area contributed by atoms with Crippen LogP contribution in [0.15, 0.2) is 53.6 Å². The molecule has 164 valence electrons. The third kappa shape index (κ3) is 5.22. The number of benzene rings is 2. The van der Waals surface area contributed by atoms with Crippen molar-refractivity contribution in [3.8, 4) is 5.75 Å². The average Bonchev–Trinajstić information content (AvgIpc) is 3.04. The minimum atomic E-state index is -0.677. The van der Waals surface area contributed by atoms with E-state index in [0.717, 1.165) is 27.1 Å². The van der Waals surface area contributed by atoms with Gasteiger partial charge in [-0.3, -0.25) is 4.79 Å². The fraction of sp³-hybridized carbons (Fsp3) is 0.333. The number of hydrogen-bond donors (Lipinski definition) is 1. The van der Waals surface area contributed by atoms with Gasteiger partial charge < -0.3 is 19.8 Å². The number of ether oxygens (including phenoxy) is 2. The Hall–Kier alpha value is -2.93. The molecular weight excluding hydrogens is 412 g/mol. The van der Waals surface area contributed by atoms with Gasteiger partial charge in [-0.2, -0.15) is 0 Å². The molecule has 0 saturated carbocycles. The number of fused-ring (bicyclic) bond motifs is 1. The number of amides is 1. The number of carbonyl (C=O) groups excluding carboxylic acids is 2. The van der Waals surface area contributed by atoms with Gasteiger partial charge in [0.25, 0.3) is 0 Å². The van der Waals surface area contributed by atoms with Gasteiger partial charge >= 0.3 is 5.97 Å². The number of hydrogen-bond acceptors (Lipinski definition) is 5. The van der Waals surface area contributed by atoms with Crippen LogP contribution in [0.4, 0.5) is 0 Å². The zero-order valence-corrected chi connectivity index (χ0v) is 18.9. The van der Waals surface area contributed by atoms with Crippen molar-refractivity contribution in [3.63, 3.8) is 0 Å². The highest BCUT2D eigenvalue weighted by atomic mass is 32.2. The van der Waals surface area contributed by atoms with Crippen molar-refractivity contribution in [2.75, 3.05) is 12.9 Å². The molecule has 0 saturated heterocycles. The van der Waals surface area contributed by atoms with Crippen molar-refractivity contribution >= 4 is 34.5 Å². The quantitative estimate of drug-likeness (QED) is 0.378. The van der Waals surface area contributed by atoms with Crippen LogP contribution in [0.5, 0.6) is 5.75 Å². The van der Waals surface area contributed by atoms with E-state index in [1.165, 1.54) is 0 Å². The minimum absolute atomic E-state index is 0.132. The predicted octanol–water partition coefficient (Wildman–Crippen LogP) is 4.16. The summed E-state index contributed by atoms with van der Waals surface area (Å²) in [5.41, 5.74) is 8.59. The molecule has 3 aromatic rings. The number of nitrogens with zero attached hydrogens (tertiary/aromatic N) is 1. The van der Waals surface area contributed by atoms with Crippen LogP contribution in [-0.4, -0.2) is 35.4 Å². The second-order valence-corrected chi connectivity index (χ2v) is 7.94. The van der Waals surface area contributed by atoms with Gasteiger partial charge in [0, 0.05) is 23.0 Å². The number of nitrogens with two attached hydrogens (primary N) is 1. The van der Waals surface area contributed by atoms with Gasteiger partial charge in [-0.25, -0.2) is 4.79 Å². The first kappa shape index (κ1) is 22.7. The van der Waals surface area contributed by atoms with E-state index in [-0.39, 0.29) is 12.4 Å². The van der Waals surface area contributed by atoms with E-state index in [2.05, 4.69) is 16.7 Å². The number of esters is 1. The molecule has 1 amide bonds. The van der Waals surface area contributed by atoms with E-state index >= 15 is 0 Å². The molecule has 0 aliphatic rings. The summed E-state index contributed by atoms with van der Waals surface area (Å²) < 4.78 is 13.2. The largest absolute Gasteiger partial charge is 0.479 e. The smallest absolute Gasteiger partial charge is 0.347 e. The number of aromatic nitrogens is 1. The third-order valence-electron chi connectivity index (χ3n) is 5.01. The molecule has 0 aliphatic carbocycles. The van der Waals surface area contributed by atoms with Crippen LogP contribution in [0.25, 0.3) is 10.9 Å². The van der Waals surface area contributed by atoms with Crippen molar-refractivity contribution in [2.24, 2.45) is 5.73 Å². The summed E-state index contributed by atoms with van der Waals surface area (Å²) in [4.78, 5) is 24.0. The lowest BCUT2D eigenvalue weighted by atomic mass is 10.1. The number of primary amides is 1. The van der Waals surface area contributed by atoms with E-state index in [1.54, 1.807) is 18.7 Å². The van der Waals surface area contributed by atoms with Gasteiger partial charge in [0.15, 0.2) is 6.10 Å². The summed E-state index contributed by atoms with van der Waals surface area (Å²) in [6, 6.07) is 15.9. The summed E-state index contributed by atoms with van der Waals surface area (Å²) in [6.07, 6.45) is 1.94. The maximum absolute atomic E-state index is 12.1. The van der Waals surface area contributed by atoms with Gasteiger partial charge in [-0.1, -0.05) is 37.3 Å². The van der Waals surface area contributed by atoms with Gasteiger partial charge in [0.2, 0.25) is 5.91 Å². The summed E-state index contributed by atoms with van der Waals surface area (Å²) in [6.45, 7) is 4.62. The molecule has 1 heterocycles. The minimum Gasteiger partial charge on any atom is -0.479 e. The van der Waals surface area contributed by atoms with E-state index in [0.29, 0.717) is 25.3 Å². The van der Waals surface area contributed by atoms with Crippen LogP contribution in [-0.2, 0) is 27.3 Å². The van der Waals surface area contributed by atoms with Crippen LogP contribution in [0.3, 0.4) is 0 Å². The van der Waals surface area contributed by atoms with Crippen LogP contribution in [0.2, 0.25) is 0 Å². The second-order valence-electron chi connectivity index (χ2n) is 7.15. The molecule has 2 aromatic carbocycles. The first-order chi connectivity index (χ1) is 15.0. The van der Waals surface area contributed by atoms with E-state index < -0.39 is 12.0 Å².